The average Bonchev–Trinajstić information content (AvgIpc) is 2.84. The van der Waals surface area contributed by atoms with Gasteiger partial charge in [-0.1, -0.05) is 6.42 Å². The lowest BCUT2D eigenvalue weighted by Gasteiger charge is -2.29. The first-order chi connectivity index (χ1) is 12.3. The van der Waals surface area contributed by atoms with Crippen LogP contribution in [0.1, 0.15) is 32.1 Å². The highest BCUT2D eigenvalue weighted by atomic mass is 32.3. The van der Waals surface area contributed by atoms with Gasteiger partial charge in [0.05, 0.1) is 12.1 Å². The predicted octanol–water partition coefficient (Wildman–Crippen LogP) is -1.72. The van der Waals surface area contributed by atoms with E-state index in [1.807, 2.05) is 0 Å². The van der Waals surface area contributed by atoms with Crippen LogP contribution >= 0.6 is 0 Å². The zero-order chi connectivity index (χ0) is 18.9. The zero-order valence-corrected chi connectivity index (χ0v) is 14.7. The minimum atomic E-state index is -4.84. The number of nitrogens with zero attached hydrogens (tertiary/aromatic N) is 2. The fourth-order valence-electron chi connectivity index (χ4n) is 3.47. The monoisotopic (exact) mass is 391 g/mol. The fourth-order valence-corrected chi connectivity index (χ4v) is 3.86. The van der Waals surface area contributed by atoms with Gasteiger partial charge in [0.15, 0.2) is 0 Å². The summed E-state index contributed by atoms with van der Waals surface area (Å²) in [6, 6.07) is -2.64. The van der Waals surface area contributed by atoms with Crippen LogP contribution in [0.5, 0.6) is 0 Å². The van der Waals surface area contributed by atoms with Gasteiger partial charge < -0.3 is 10.2 Å². The number of amides is 4. The quantitative estimate of drug-likeness (QED) is 0.325. The van der Waals surface area contributed by atoms with Gasteiger partial charge in [-0.05, 0) is 32.2 Å². The lowest BCUT2D eigenvalue weighted by atomic mass is 10.0. The number of hydrogen-bond acceptors (Lipinski definition) is 7. The Morgan fingerprint density at radius 1 is 1.15 bits per heavy atom. The summed E-state index contributed by atoms with van der Waals surface area (Å²) in [5.41, 5.74) is 4.67. The van der Waals surface area contributed by atoms with Crippen molar-refractivity contribution in [3.05, 3.63) is 0 Å². The van der Waals surface area contributed by atoms with E-state index in [1.165, 1.54) is 0 Å². The maximum absolute atomic E-state index is 12.3. The summed E-state index contributed by atoms with van der Waals surface area (Å²) in [6.07, 6.45) is 3.19. The summed E-state index contributed by atoms with van der Waals surface area (Å²) in [5, 5.41) is 3.61. The Kier molecular flexibility index (Phi) is 5.32. The summed E-state index contributed by atoms with van der Waals surface area (Å²) < 4.78 is 34.8. The van der Waals surface area contributed by atoms with E-state index < -0.39 is 34.4 Å². The van der Waals surface area contributed by atoms with Crippen molar-refractivity contribution in [1.82, 2.24) is 26.1 Å². The number of urea groups is 1. The van der Waals surface area contributed by atoms with Gasteiger partial charge >= 0.3 is 16.4 Å². The summed E-state index contributed by atoms with van der Waals surface area (Å²) in [5.74, 6) is -0.925. The lowest BCUT2D eigenvalue weighted by Crippen LogP contribution is -2.57. The van der Waals surface area contributed by atoms with Crippen LogP contribution in [0, 0.1) is 0 Å². The van der Waals surface area contributed by atoms with Crippen LogP contribution in [0.25, 0.3) is 0 Å². The van der Waals surface area contributed by atoms with E-state index in [0.29, 0.717) is 17.9 Å². The molecule has 13 heteroatoms. The van der Waals surface area contributed by atoms with Gasteiger partial charge in [-0.3, -0.25) is 25.0 Å². The Balaban J connectivity index is 1.56. The van der Waals surface area contributed by atoms with Gasteiger partial charge in [-0.25, -0.2) is 4.79 Å². The third kappa shape index (κ3) is 4.06. The van der Waals surface area contributed by atoms with Gasteiger partial charge in [-0.15, -0.1) is 4.28 Å². The molecule has 3 aliphatic heterocycles. The predicted molar refractivity (Wildman–Crippen MR) is 85.3 cm³/mol. The average molecular weight is 391 g/mol. The van der Waals surface area contributed by atoms with Crippen LogP contribution in [-0.4, -0.2) is 72.0 Å². The van der Waals surface area contributed by atoms with E-state index in [0.717, 1.165) is 24.3 Å². The molecule has 0 spiro atoms. The molecule has 0 aromatic rings. The molecule has 12 nitrogen and oxygen atoms in total. The molecule has 4 amide bonds. The van der Waals surface area contributed by atoms with E-state index in [-0.39, 0.29) is 24.9 Å². The smallest absolute Gasteiger partial charge is 0.309 e. The molecule has 3 fully saturated rings. The molecule has 2 bridgehead atoms. The van der Waals surface area contributed by atoms with Crippen LogP contribution in [0.3, 0.4) is 0 Å². The number of carbonyl (C=O) groups is 3. The molecule has 3 saturated heterocycles. The zero-order valence-electron chi connectivity index (χ0n) is 13.9. The maximum atomic E-state index is 12.3. The molecular formula is C13H21N5O7S. The molecule has 0 radical (unpaired) electrons. The second kappa shape index (κ2) is 7.34. The van der Waals surface area contributed by atoms with Gasteiger partial charge in [0.25, 0.3) is 11.8 Å². The Hall–Kier alpha value is -1.96. The van der Waals surface area contributed by atoms with Crippen molar-refractivity contribution in [3.8, 4) is 0 Å². The summed E-state index contributed by atoms with van der Waals surface area (Å²) in [7, 11) is -4.84. The third-order valence-electron chi connectivity index (χ3n) is 4.74. The Morgan fingerprint density at radius 3 is 2.54 bits per heavy atom. The molecule has 26 heavy (non-hydrogen) atoms. The highest BCUT2D eigenvalue weighted by Crippen LogP contribution is 2.30. The topological polar surface area (TPSA) is 157 Å². The number of hydroxylamine groups is 2. The van der Waals surface area contributed by atoms with E-state index in [1.54, 1.807) is 0 Å². The van der Waals surface area contributed by atoms with Gasteiger partial charge in [0, 0.05) is 6.54 Å². The first kappa shape index (κ1) is 18.8. The lowest BCUT2D eigenvalue weighted by molar-refractivity contribution is -0.133. The largest absolute Gasteiger partial charge is 0.418 e. The first-order valence-corrected chi connectivity index (χ1v) is 9.73. The molecule has 146 valence electrons. The fraction of sp³-hybridized carbons (Fsp3) is 0.769. The minimum absolute atomic E-state index is 0.0879. The SMILES string of the molecule is O=C(NNC(=O)[C@@H]1CCC2CN1C(=O)N2OS(=O)(=O)O)[C@@H]1CCCCN1. The molecule has 3 heterocycles. The van der Waals surface area contributed by atoms with Crippen LogP contribution in [0.2, 0.25) is 0 Å². The number of carbonyl (C=O) groups excluding carboxylic acids is 3. The number of nitrogens with one attached hydrogen (secondary N) is 3. The van der Waals surface area contributed by atoms with Crippen molar-refractivity contribution in [3.63, 3.8) is 0 Å². The van der Waals surface area contributed by atoms with E-state index >= 15 is 0 Å². The Labute approximate surface area is 150 Å². The number of piperidine rings is 2. The van der Waals surface area contributed by atoms with Crippen molar-refractivity contribution in [2.45, 2.75) is 50.2 Å². The second-order valence-corrected chi connectivity index (χ2v) is 7.50. The molecular weight excluding hydrogens is 370 g/mol. The first-order valence-electron chi connectivity index (χ1n) is 8.36. The van der Waals surface area contributed by atoms with Crippen molar-refractivity contribution < 1.29 is 31.6 Å². The van der Waals surface area contributed by atoms with Crippen molar-refractivity contribution in [1.29, 1.82) is 0 Å². The van der Waals surface area contributed by atoms with Gasteiger partial charge in [0.1, 0.15) is 6.04 Å². The summed E-state index contributed by atoms with van der Waals surface area (Å²) in [4.78, 5) is 37.8. The Bertz CT molecular complexity index is 693. The highest BCUT2D eigenvalue weighted by Gasteiger charge is 2.49. The number of hydrazine groups is 1. The summed E-state index contributed by atoms with van der Waals surface area (Å²) >= 11 is 0. The van der Waals surface area contributed by atoms with Crippen LogP contribution in [0.4, 0.5) is 4.79 Å². The minimum Gasteiger partial charge on any atom is -0.309 e. The molecule has 3 aliphatic rings. The van der Waals surface area contributed by atoms with Crippen LogP contribution in [0.15, 0.2) is 0 Å². The molecule has 0 saturated carbocycles. The number of rotatable bonds is 4. The maximum Gasteiger partial charge on any atom is 0.418 e. The van der Waals surface area contributed by atoms with E-state index in [9.17, 15) is 22.8 Å². The molecule has 0 aromatic carbocycles. The molecule has 3 rings (SSSR count). The molecule has 4 N–H and O–H groups in total. The van der Waals surface area contributed by atoms with Crippen LogP contribution < -0.4 is 16.2 Å². The third-order valence-corrected chi connectivity index (χ3v) is 5.08. The normalized spacial score (nSPS) is 28.8. The molecule has 0 aliphatic carbocycles. The van der Waals surface area contributed by atoms with E-state index in [4.69, 9.17) is 4.55 Å². The number of fused-ring (bicyclic) bond motifs is 2. The summed E-state index contributed by atoms with van der Waals surface area (Å²) in [6.45, 7) is 0.826. The molecule has 1 unspecified atom stereocenters. The Morgan fingerprint density at radius 2 is 1.88 bits per heavy atom. The van der Waals surface area contributed by atoms with Crippen molar-refractivity contribution in [2.24, 2.45) is 0 Å². The number of hydrogen-bond donors (Lipinski definition) is 4. The van der Waals surface area contributed by atoms with Gasteiger partial charge in [0.2, 0.25) is 0 Å². The standard InChI is InChI=1S/C13H21N5O7S/c19-11(9-3-1-2-6-14-9)15-16-12(20)10-5-4-8-7-17(10)13(21)18(8)25-26(22,23)24/h8-10,14H,1-7H2,(H,15,19)(H,16,20)(H,22,23,24)/t8?,9-,10-/m0/s1. The van der Waals surface area contributed by atoms with Crippen LogP contribution in [-0.2, 0) is 24.3 Å². The second-order valence-electron chi connectivity index (χ2n) is 6.49. The van der Waals surface area contributed by atoms with Crippen molar-refractivity contribution >= 4 is 28.2 Å². The van der Waals surface area contributed by atoms with Gasteiger partial charge in [-0.2, -0.15) is 13.5 Å². The van der Waals surface area contributed by atoms with E-state index in [2.05, 4.69) is 20.5 Å². The molecule has 0 aromatic heterocycles. The highest BCUT2D eigenvalue weighted by molar-refractivity contribution is 7.80. The van der Waals surface area contributed by atoms with Crippen molar-refractivity contribution in [2.75, 3.05) is 13.1 Å². The molecule has 3 atom stereocenters.